The first-order valence-electron chi connectivity index (χ1n) is 27.4. The van der Waals surface area contributed by atoms with E-state index in [1.165, 1.54) is 161 Å². The van der Waals surface area contributed by atoms with Gasteiger partial charge in [-0.15, -0.1) is 0 Å². The third kappa shape index (κ3) is 46.2. The van der Waals surface area contributed by atoms with Crippen molar-refractivity contribution >= 4 is 11.9 Å². The highest BCUT2D eigenvalue weighted by molar-refractivity contribution is 5.77. The lowest BCUT2D eigenvalue weighted by Crippen LogP contribution is -2.46. The smallest absolute Gasteiger partial charge is 0.306 e. The molecule has 0 aliphatic rings. The summed E-state index contributed by atoms with van der Waals surface area (Å²) in [6, 6.07) is -0.710. The number of esters is 1. The van der Waals surface area contributed by atoms with Gasteiger partial charge in [0.15, 0.2) is 0 Å². The summed E-state index contributed by atoms with van der Waals surface area (Å²) >= 11 is 0. The van der Waals surface area contributed by atoms with Crippen molar-refractivity contribution in [3.8, 4) is 0 Å². The third-order valence-corrected chi connectivity index (χ3v) is 12.4. The zero-order valence-corrected chi connectivity index (χ0v) is 42.0. The number of aliphatic hydroxyl groups excluding tert-OH is 2. The van der Waals surface area contributed by atoms with Crippen LogP contribution in [-0.2, 0) is 14.3 Å². The van der Waals surface area contributed by atoms with Gasteiger partial charge in [0.05, 0.1) is 25.2 Å². The fourth-order valence-electron chi connectivity index (χ4n) is 8.25. The molecular weight excluding hydrogens is 779 g/mol. The fraction of sp³-hybridized carbons (Fsp3) is 0.825. The van der Waals surface area contributed by atoms with Crippen LogP contribution in [0.15, 0.2) is 48.6 Å². The minimum atomic E-state index is -0.795. The number of hydrogen-bond donors (Lipinski definition) is 3. The number of unbranched alkanes of at least 4 members (excludes halogenated alkanes) is 29. The third-order valence-electron chi connectivity index (χ3n) is 12.4. The summed E-state index contributed by atoms with van der Waals surface area (Å²) in [5, 5.41) is 23.8. The lowest BCUT2D eigenvalue weighted by Gasteiger charge is -2.24. The van der Waals surface area contributed by atoms with Crippen molar-refractivity contribution in [2.75, 3.05) is 6.61 Å². The highest BCUT2D eigenvalue weighted by Gasteiger charge is 2.24. The Bertz CT molecular complexity index is 1080. The molecule has 368 valence electrons. The maximum Gasteiger partial charge on any atom is 0.306 e. The normalized spacial score (nSPS) is 13.5. The van der Waals surface area contributed by atoms with Gasteiger partial charge in [-0.3, -0.25) is 9.59 Å². The monoisotopic (exact) mass is 884 g/mol. The number of aliphatic hydroxyl groups is 2. The van der Waals surface area contributed by atoms with Crippen molar-refractivity contribution in [2.24, 2.45) is 0 Å². The van der Waals surface area contributed by atoms with E-state index in [4.69, 9.17) is 4.74 Å². The number of nitrogens with one attached hydrogen (secondary N) is 1. The Labute approximate surface area is 391 Å². The Hall–Kier alpha value is -2.18. The molecular formula is C57H105NO5. The average Bonchev–Trinajstić information content (AvgIpc) is 3.28. The van der Waals surface area contributed by atoms with Gasteiger partial charge in [-0.05, 0) is 64.2 Å². The molecule has 63 heavy (non-hydrogen) atoms. The summed E-state index contributed by atoms with van der Waals surface area (Å²) in [5.74, 6) is -0.530. The van der Waals surface area contributed by atoms with Gasteiger partial charge in [-0.25, -0.2) is 0 Å². The molecule has 0 bridgehead atoms. The fourth-order valence-corrected chi connectivity index (χ4v) is 8.25. The average molecular weight is 884 g/mol. The first-order valence-corrected chi connectivity index (χ1v) is 27.4. The Balaban J connectivity index is 4.64. The molecule has 1 amide bonds. The van der Waals surface area contributed by atoms with Crippen LogP contribution < -0.4 is 5.32 Å². The second kappa shape index (κ2) is 50.8. The van der Waals surface area contributed by atoms with Crippen LogP contribution in [0.3, 0.4) is 0 Å². The molecule has 0 aliphatic heterocycles. The van der Waals surface area contributed by atoms with Crippen molar-refractivity contribution in [1.29, 1.82) is 0 Å². The molecule has 0 saturated carbocycles. The second-order valence-corrected chi connectivity index (χ2v) is 18.6. The van der Waals surface area contributed by atoms with Crippen LogP contribution in [0.2, 0.25) is 0 Å². The first-order chi connectivity index (χ1) is 31.0. The van der Waals surface area contributed by atoms with Gasteiger partial charge in [0, 0.05) is 6.42 Å². The lowest BCUT2D eigenvalue weighted by molar-refractivity contribution is -0.151. The number of allylic oxidation sites excluding steroid dienone is 8. The number of carbonyl (C=O) groups excluding carboxylic acids is 2. The molecule has 3 unspecified atom stereocenters. The van der Waals surface area contributed by atoms with E-state index in [9.17, 15) is 19.8 Å². The van der Waals surface area contributed by atoms with Gasteiger partial charge < -0.3 is 20.3 Å². The molecule has 0 fully saturated rings. The van der Waals surface area contributed by atoms with Crippen LogP contribution in [0, 0.1) is 0 Å². The molecule has 0 spiro atoms. The van der Waals surface area contributed by atoms with Crippen molar-refractivity contribution in [2.45, 2.75) is 296 Å². The van der Waals surface area contributed by atoms with Crippen LogP contribution in [0.25, 0.3) is 0 Å². The van der Waals surface area contributed by atoms with Crippen molar-refractivity contribution < 1.29 is 24.5 Å². The number of carbonyl (C=O) groups is 2. The molecule has 3 atom stereocenters. The zero-order valence-electron chi connectivity index (χ0n) is 42.0. The molecule has 0 rings (SSSR count). The maximum absolute atomic E-state index is 13.2. The Morgan fingerprint density at radius 2 is 0.810 bits per heavy atom. The van der Waals surface area contributed by atoms with Gasteiger partial charge in [0.1, 0.15) is 6.10 Å². The van der Waals surface area contributed by atoms with Gasteiger partial charge in [0.25, 0.3) is 0 Å². The van der Waals surface area contributed by atoms with Gasteiger partial charge in [-0.2, -0.15) is 0 Å². The molecule has 0 radical (unpaired) electrons. The molecule has 0 saturated heterocycles. The topological polar surface area (TPSA) is 95.9 Å². The molecule has 0 aromatic rings. The molecule has 6 heteroatoms. The quantitative estimate of drug-likeness (QED) is 0.0321. The number of rotatable bonds is 49. The SMILES string of the molecule is CCCCC/C=C\C/C=C\C/C=C\C/C=C\CCCC(=O)OC(CCCCCCCCCCCCCCCC)CC(=O)NC(CO)C(O)CCCCCCCCCCCCCCC. The van der Waals surface area contributed by atoms with Gasteiger partial charge in [-0.1, -0.05) is 249 Å². The van der Waals surface area contributed by atoms with E-state index in [1.54, 1.807) is 0 Å². The molecule has 0 heterocycles. The molecule has 3 N–H and O–H groups in total. The standard InChI is InChI=1S/C57H105NO5/c1-4-7-10-13-16-19-22-25-27-28-29-32-35-38-41-44-47-50-57(62)63-53(48-45-42-39-36-33-31-26-23-20-17-14-11-8-5-2)51-56(61)58-54(52-59)55(60)49-46-43-40-37-34-30-24-21-18-15-12-9-6-3/h16,19,25,27,29,32,38,41,53-55,59-60H,4-15,17-18,20-24,26,28,30-31,33-37,39-40,42-52H2,1-3H3,(H,58,61)/b19-16-,27-25-,32-29-,41-38-. The van der Waals surface area contributed by atoms with Gasteiger partial charge >= 0.3 is 5.97 Å². The summed E-state index contributed by atoms with van der Waals surface area (Å²) < 4.78 is 5.92. The van der Waals surface area contributed by atoms with E-state index in [1.807, 2.05) is 0 Å². The highest BCUT2D eigenvalue weighted by Crippen LogP contribution is 2.18. The van der Waals surface area contributed by atoms with Crippen LogP contribution >= 0.6 is 0 Å². The Morgan fingerprint density at radius 3 is 1.22 bits per heavy atom. The summed E-state index contributed by atoms with van der Waals surface area (Å²) in [7, 11) is 0. The molecule has 6 nitrogen and oxygen atoms in total. The van der Waals surface area contributed by atoms with Crippen LogP contribution in [0.4, 0.5) is 0 Å². The summed E-state index contributed by atoms with van der Waals surface area (Å²) in [6.07, 6.45) is 61.7. The van der Waals surface area contributed by atoms with E-state index in [2.05, 4.69) is 74.7 Å². The second-order valence-electron chi connectivity index (χ2n) is 18.6. The predicted molar refractivity (Wildman–Crippen MR) is 273 cm³/mol. The highest BCUT2D eigenvalue weighted by atomic mass is 16.5. The molecule has 0 aliphatic carbocycles. The van der Waals surface area contributed by atoms with Crippen molar-refractivity contribution in [3.05, 3.63) is 48.6 Å². The Kier molecular flexibility index (Phi) is 49.1. The summed E-state index contributed by atoms with van der Waals surface area (Å²) in [6.45, 7) is 6.46. The molecule has 0 aromatic carbocycles. The Morgan fingerprint density at radius 1 is 0.460 bits per heavy atom. The van der Waals surface area contributed by atoms with E-state index in [0.717, 1.165) is 64.2 Å². The van der Waals surface area contributed by atoms with Crippen molar-refractivity contribution in [1.82, 2.24) is 5.32 Å². The van der Waals surface area contributed by atoms with E-state index in [-0.39, 0.29) is 24.9 Å². The molecule has 0 aromatic heterocycles. The van der Waals surface area contributed by atoms with E-state index >= 15 is 0 Å². The number of hydrogen-bond acceptors (Lipinski definition) is 5. The maximum atomic E-state index is 13.2. The largest absolute Gasteiger partial charge is 0.462 e. The predicted octanol–water partition coefficient (Wildman–Crippen LogP) is 16.6. The number of amides is 1. The van der Waals surface area contributed by atoms with E-state index < -0.39 is 18.2 Å². The minimum absolute atomic E-state index is 0.0588. The van der Waals surface area contributed by atoms with Gasteiger partial charge in [0.2, 0.25) is 5.91 Å². The van der Waals surface area contributed by atoms with E-state index in [0.29, 0.717) is 25.7 Å². The first kappa shape index (κ1) is 60.8. The van der Waals surface area contributed by atoms with Crippen LogP contribution in [0.1, 0.15) is 278 Å². The lowest BCUT2D eigenvalue weighted by atomic mass is 10.0. The van der Waals surface area contributed by atoms with Crippen molar-refractivity contribution in [3.63, 3.8) is 0 Å². The summed E-state index contributed by atoms with van der Waals surface area (Å²) in [5.41, 5.74) is 0. The van der Waals surface area contributed by atoms with Crippen LogP contribution in [0.5, 0.6) is 0 Å². The minimum Gasteiger partial charge on any atom is -0.462 e. The summed E-state index contributed by atoms with van der Waals surface area (Å²) in [4.78, 5) is 26.2. The number of ether oxygens (including phenoxy) is 1. The van der Waals surface area contributed by atoms with Crippen LogP contribution in [-0.4, -0.2) is 46.9 Å². The zero-order chi connectivity index (χ0) is 45.9.